The van der Waals surface area contributed by atoms with Crippen LogP contribution >= 0.6 is 0 Å². The Labute approximate surface area is 123 Å². The Bertz CT molecular complexity index is 651. The highest BCUT2D eigenvalue weighted by atomic mass is 16.6. The van der Waals surface area contributed by atoms with Crippen molar-refractivity contribution < 1.29 is 14.3 Å². The highest BCUT2D eigenvalue weighted by Gasteiger charge is 2.35. The molecule has 0 radical (unpaired) electrons. The van der Waals surface area contributed by atoms with Crippen molar-refractivity contribution in [1.82, 2.24) is 9.88 Å². The maximum Gasteiger partial charge on any atom is 0.410 e. The topological polar surface area (TPSA) is 54.6 Å². The Hall–Kier alpha value is -2.17. The van der Waals surface area contributed by atoms with Crippen LogP contribution in [0.15, 0.2) is 30.5 Å². The van der Waals surface area contributed by atoms with E-state index in [2.05, 4.69) is 4.98 Å². The molecule has 1 amide bonds. The van der Waals surface area contributed by atoms with Crippen LogP contribution in [0.1, 0.15) is 20.8 Å². The molecule has 5 heteroatoms. The van der Waals surface area contributed by atoms with E-state index in [0.29, 0.717) is 13.1 Å². The van der Waals surface area contributed by atoms with E-state index in [1.807, 2.05) is 51.2 Å². The van der Waals surface area contributed by atoms with Gasteiger partial charge in [-0.15, -0.1) is 0 Å². The molecule has 1 aliphatic rings. The molecule has 112 valence electrons. The summed E-state index contributed by atoms with van der Waals surface area (Å²) in [5, 5.41) is 1.06. The number of H-pyrrole nitrogens is 1. The molecule has 0 spiro atoms. The van der Waals surface area contributed by atoms with Crippen molar-refractivity contribution in [2.24, 2.45) is 0 Å². The number of aromatic amines is 1. The fraction of sp³-hybridized carbons (Fsp3) is 0.438. The number of amides is 1. The van der Waals surface area contributed by atoms with E-state index in [1.165, 1.54) is 0 Å². The number of aromatic nitrogens is 1. The summed E-state index contributed by atoms with van der Waals surface area (Å²) in [6, 6.07) is 7.91. The molecule has 3 rings (SSSR count). The monoisotopic (exact) mass is 288 g/mol. The van der Waals surface area contributed by atoms with Crippen molar-refractivity contribution in [3.05, 3.63) is 30.5 Å². The predicted octanol–water partition coefficient (Wildman–Crippen LogP) is 3.17. The first kappa shape index (κ1) is 13.8. The number of rotatable bonds is 2. The first-order chi connectivity index (χ1) is 9.92. The van der Waals surface area contributed by atoms with E-state index in [4.69, 9.17) is 9.47 Å². The fourth-order valence-corrected chi connectivity index (χ4v) is 2.33. The molecule has 21 heavy (non-hydrogen) atoms. The third-order valence-corrected chi connectivity index (χ3v) is 3.35. The molecule has 0 unspecified atom stereocenters. The van der Waals surface area contributed by atoms with Gasteiger partial charge in [-0.25, -0.2) is 4.79 Å². The smallest absolute Gasteiger partial charge is 0.410 e. The number of carbonyl (C=O) groups excluding carboxylic acids is 1. The number of nitrogens with one attached hydrogen (secondary N) is 1. The van der Waals surface area contributed by atoms with Crippen LogP contribution in [-0.4, -0.2) is 40.8 Å². The molecule has 2 aromatic rings. The number of benzene rings is 1. The van der Waals surface area contributed by atoms with Gasteiger partial charge in [0.05, 0.1) is 13.1 Å². The number of fused-ring (bicyclic) bond motifs is 1. The van der Waals surface area contributed by atoms with Gasteiger partial charge in [0.15, 0.2) is 0 Å². The molecule has 1 aliphatic heterocycles. The minimum absolute atomic E-state index is 0.0259. The van der Waals surface area contributed by atoms with Crippen molar-refractivity contribution in [2.75, 3.05) is 13.1 Å². The lowest BCUT2D eigenvalue weighted by Gasteiger charge is -2.39. The summed E-state index contributed by atoms with van der Waals surface area (Å²) in [6.45, 7) is 6.73. The van der Waals surface area contributed by atoms with Gasteiger partial charge >= 0.3 is 6.09 Å². The van der Waals surface area contributed by atoms with E-state index in [0.717, 1.165) is 16.7 Å². The van der Waals surface area contributed by atoms with Crippen LogP contribution in [0.2, 0.25) is 0 Å². The van der Waals surface area contributed by atoms with Gasteiger partial charge in [0, 0.05) is 17.1 Å². The second kappa shape index (κ2) is 4.98. The lowest BCUT2D eigenvalue weighted by molar-refractivity contribution is -0.0217. The van der Waals surface area contributed by atoms with Crippen molar-refractivity contribution in [3.63, 3.8) is 0 Å². The van der Waals surface area contributed by atoms with Gasteiger partial charge in [0.1, 0.15) is 17.5 Å². The van der Waals surface area contributed by atoms with Gasteiger partial charge in [-0.3, -0.25) is 0 Å². The minimum Gasteiger partial charge on any atom is -0.486 e. The second-order valence-corrected chi connectivity index (χ2v) is 6.32. The van der Waals surface area contributed by atoms with E-state index in [1.54, 1.807) is 4.90 Å². The zero-order chi connectivity index (χ0) is 15.0. The first-order valence-corrected chi connectivity index (χ1v) is 7.13. The number of ether oxygens (including phenoxy) is 2. The average Bonchev–Trinajstić information content (AvgIpc) is 2.79. The average molecular weight is 288 g/mol. The molecule has 1 N–H and O–H groups in total. The van der Waals surface area contributed by atoms with Crippen LogP contribution in [0.5, 0.6) is 5.75 Å². The molecule has 0 bridgehead atoms. The number of hydrogen-bond donors (Lipinski definition) is 1. The molecule has 5 nitrogen and oxygen atoms in total. The van der Waals surface area contributed by atoms with Gasteiger partial charge in [-0.2, -0.15) is 0 Å². The second-order valence-electron chi connectivity index (χ2n) is 6.32. The molecule has 1 fully saturated rings. The number of hydrogen-bond acceptors (Lipinski definition) is 3. The molecule has 1 aromatic carbocycles. The molecular weight excluding hydrogens is 268 g/mol. The van der Waals surface area contributed by atoms with E-state index < -0.39 is 5.60 Å². The van der Waals surface area contributed by atoms with Crippen LogP contribution in [0, 0.1) is 0 Å². The molecule has 0 aliphatic carbocycles. The molecule has 0 saturated carbocycles. The predicted molar refractivity (Wildman–Crippen MR) is 80.5 cm³/mol. The third kappa shape index (κ3) is 2.96. The molecule has 0 atom stereocenters. The van der Waals surface area contributed by atoms with Crippen LogP contribution in [0.3, 0.4) is 0 Å². The summed E-state index contributed by atoms with van der Waals surface area (Å²) in [4.78, 5) is 16.7. The van der Waals surface area contributed by atoms with E-state index in [-0.39, 0.29) is 12.2 Å². The summed E-state index contributed by atoms with van der Waals surface area (Å²) in [5.74, 6) is 0.850. The highest BCUT2D eigenvalue weighted by molar-refractivity contribution is 5.85. The van der Waals surface area contributed by atoms with Gasteiger partial charge < -0.3 is 19.4 Å². The third-order valence-electron chi connectivity index (χ3n) is 3.35. The van der Waals surface area contributed by atoms with E-state index in [9.17, 15) is 4.79 Å². The SMILES string of the molecule is CC(C)(C)OC(=O)N1CC(Oc2cccc3[nH]ccc23)C1. The lowest BCUT2D eigenvalue weighted by atomic mass is 10.1. The summed E-state index contributed by atoms with van der Waals surface area (Å²) in [6.07, 6.45) is 1.64. The molecule has 2 heterocycles. The maximum absolute atomic E-state index is 11.9. The normalized spacial score (nSPS) is 15.9. The minimum atomic E-state index is -0.459. The van der Waals surface area contributed by atoms with Gasteiger partial charge in [0.25, 0.3) is 0 Å². The summed E-state index contributed by atoms with van der Waals surface area (Å²) in [7, 11) is 0. The zero-order valence-corrected chi connectivity index (χ0v) is 12.6. The summed E-state index contributed by atoms with van der Waals surface area (Å²) >= 11 is 0. The Balaban J connectivity index is 1.58. The Morgan fingerprint density at radius 1 is 1.29 bits per heavy atom. The Kier molecular flexibility index (Phi) is 3.27. The van der Waals surface area contributed by atoms with Crippen molar-refractivity contribution in [3.8, 4) is 5.75 Å². The molecular formula is C16H20N2O3. The zero-order valence-electron chi connectivity index (χ0n) is 12.6. The highest BCUT2D eigenvalue weighted by Crippen LogP contribution is 2.27. The van der Waals surface area contributed by atoms with E-state index >= 15 is 0 Å². The van der Waals surface area contributed by atoms with Crippen molar-refractivity contribution >= 4 is 17.0 Å². The van der Waals surface area contributed by atoms with Crippen LogP contribution < -0.4 is 4.74 Å². The number of likely N-dealkylation sites (tertiary alicyclic amines) is 1. The quantitative estimate of drug-likeness (QED) is 0.923. The van der Waals surface area contributed by atoms with Crippen LogP contribution in [0.25, 0.3) is 10.9 Å². The molecule has 1 aromatic heterocycles. The first-order valence-electron chi connectivity index (χ1n) is 7.13. The Morgan fingerprint density at radius 3 is 2.76 bits per heavy atom. The largest absolute Gasteiger partial charge is 0.486 e. The Morgan fingerprint density at radius 2 is 2.05 bits per heavy atom. The summed E-state index contributed by atoms with van der Waals surface area (Å²) in [5.41, 5.74) is 0.593. The number of nitrogens with zero attached hydrogens (tertiary/aromatic N) is 1. The van der Waals surface area contributed by atoms with Crippen LogP contribution in [-0.2, 0) is 4.74 Å². The van der Waals surface area contributed by atoms with Crippen LogP contribution in [0.4, 0.5) is 4.79 Å². The number of carbonyl (C=O) groups is 1. The maximum atomic E-state index is 11.9. The molecule has 1 saturated heterocycles. The lowest BCUT2D eigenvalue weighted by Crippen LogP contribution is -2.57. The van der Waals surface area contributed by atoms with Crippen molar-refractivity contribution in [2.45, 2.75) is 32.5 Å². The summed E-state index contributed by atoms with van der Waals surface area (Å²) < 4.78 is 11.3. The van der Waals surface area contributed by atoms with Gasteiger partial charge in [0.2, 0.25) is 0 Å². The van der Waals surface area contributed by atoms with Gasteiger partial charge in [-0.05, 0) is 39.0 Å². The standard InChI is InChI=1S/C16H20N2O3/c1-16(2,3)21-15(19)18-9-11(10-18)20-14-6-4-5-13-12(14)7-8-17-13/h4-8,11,17H,9-10H2,1-3H3. The van der Waals surface area contributed by atoms with Gasteiger partial charge in [-0.1, -0.05) is 6.07 Å². The van der Waals surface area contributed by atoms with Crippen molar-refractivity contribution in [1.29, 1.82) is 0 Å². The fourth-order valence-electron chi connectivity index (χ4n) is 2.33.